The van der Waals surface area contributed by atoms with Crippen molar-refractivity contribution in [1.29, 1.82) is 0 Å². The highest BCUT2D eigenvalue weighted by Gasteiger charge is 2.11. The van der Waals surface area contributed by atoms with Gasteiger partial charge in [-0.1, -0.05) is 11.6 Å². The molecule has 0 aliphatic rings. The fourth-order valence-corrected chi connectivity index (χ4v) is 3.20. The zero-order valence-electron chi connectivity index (χ0n) is 9.26. The molecule has 1 amide bonds. The zero-order chi connectivity index (χ0) is 13.3. The molecule has 2 nitrogen and oxygen atoms in total. The molecule has 0 atom stereocenters. The number of amides is 1. The van der Waals surface area contributed by atoms with Crippen molar-refractivity contribution < 1.29 is 4.79 Å². The second kappa shape index (κ2) is 5.74. The van der Waals surface area contributed by atoms with E-state index in [2.05, 4.69) is 37.2 Å². The van der Waals surface area contributed by atoms with E-state index in [4.69, 9.17) is 11.6 Å². The van der Waals surface area contributed by atoms with E-state index >= 15 is 0 Å². The van der Waals surface area contributed by atoms with Gasteiger partial charge in [0.15, 0.2) is 0 Å². The summed E-state index contributed by atoms with van der Waals surface area (Å²) >= 11 is 14.1. The van der Waals surface area contributed by atoms with Gasteiger partial charge < -0.3 is 5.32 Å². The Morgan fingerprint density at radius 3 is 2.61 bits per heavy atom. The van der Waals surface area contributed by atoms with Crippen LogP contribution in [-0.4, -0.2) is 5.91 Å². The van der Waals surface area contributed by atoms with Crippen LogP contribution < -0.4 is 5.32 Å². The van der Waals surface area contributed by atoms with E-state index in [-0.39, 0.29) is 5.91 Å². The summed E-state index contributed by atoms with van der Waals surface area (Å²) in [7, 11) is 0. The van der Waals surface area contributed by atoms with Crippen LogP contribution in [0.3, 0.4) is 0 Å². The Labute approximate surface area is 131 Å². The number of aryl methyl sites for hydroxylation is 1. The van der Waals surface area contributed by atoms with Gasteiger partial charge in [-0.05, 0) is 68.6 Å². The number of hydrogen-bond donors (Lipinski definition) is 1. The van der Waals surface area contributed by atoms with Crippen LogP contribution in [0, 0.1) is 6.92 Å². The van der Waals surface area contributed by atoms with E-state index in [1.165, 1.54) is 11.3 Å². The molecule has 6 heteroatoms. The number of hydrogen-bond acceptors (Lipinski definition) is 2. The third-order valence-corrected chi connectivity index (χ3v) is 5.63. The highest BCUT2D eigenvalue weighted by molar-refractivity contribution is 9.11. The van der Waals surface area contributed by atoms with Crippen LogP contribution >= 0.6 is 54.8 Å². The Hall–Kier alpha value is -0.360. The second-order valence-corrected chi connectivity index (χ2v) is 7.28. The summed E-state index contributed by atoms with van der Waals surface area (Å²) in [6.45, 7) is 1.95. The van der Waals surface area contributed by atoms with Gasteiger partial charge in [0.1, 0.15) is 0 Å². The highest BCUT2D eigenvalue weighted by atomic mass is 79.9. The molecule has 0 aliphatic carbocycles. The largest absolute Gasteiger partial charge is 0.321 e. The maximum absolute atomic E-state index is 12.0. The Morgan fingerprint density at radius 1 is 1.33 bits per heavy atom. The summed E-state index contributed by atoms with van der Waals surface area (Å²) < 4.78 is 1.78. The summed E-state index contributed by atoms with van der Waals surface area (Å²) in [6, 6.07) is 7.15. The van der Waals surface area contributed by atoms with Crippen molar-refractivity contribution in [3.05, 3.63) is 48.0 Å². The van der Waals surface area contributed by atoms with E-state index in [1.54, 1.807) is 18.2 Å². The zero-order valence-corrected chi connectivity index (χ0v) is 14.0. The lowest BCUT2D eigenvalue weighted by molar-refractivity contribution is 0.103. The molecule has 0 aliphatic heterocycles. The van der Waals surface area contributed by atoms with Gasteiger partial charge in [0.2, 0.25) is 0 Å². The third kappa shape index (κ3) is 3.15. The fraction of sp³-hybridized carbons (Fsp3) is 0.0833. The lowest BCUT2D eigenvalue weighted by atomic mass is 10.3. The predicted octanol–water partition coefficient (Wildman–Crippen LogP) is 5.49. The average Bonchev–Trinajstić information content (AvgIpc) is 2.65. The smallest absolute Gasteiger partial charge is 0.265 e. The van der Waals surface area contributed by atoms with Crippen molar-refractivity contribution in [1.82, 2.24) is 0 Å². The molecule has 1 N–H and O–H groups in total. The molecule has 2 aromatic rings. The molecule has 94 valence electrons. The molecule has 2 rings (SSSR count). The van der Waals surface area contributed by atoms with Crippen LogP contribution in [0.4, 0.5) is 5.69 Å². The van der Waals surface area contributed by atoms with Gasteiger partial charge in [-0.2, -0.15) is 0 Å². The summed E-state index contributed by atoms with van der Waals surface area (Å²) in [5.74, 6) is -0.132. The first kappa shape index (κ1) is 14.1. The molecule has 0 unspecified atom stereocenters. The van der Waals surface area contributed by atoms with Crippen LogP contribution in [0.15, 0.2) is 32.5 Å². The number of thiophene rings is 1. The minimum atomic E-state index is -0.132. The molecule has 1 heterocycles. The molecule has 18 heavy (non-hydrogen) atoms. The number of benzene rings is 1. The molecule has 0 bridgehead atoms. The van der Waals surface area contributed by atoms with Crippen molar-refractivity contribution >= 4 is 66.4 Å². The minimum absolute atomic E-state index is 0.132. The Kier molecular flexibility index (Phi) is 4.48. The number of carbonyl (C=O) groups is 1. The first-order valence-corrected chi connectivity index (χ1v) is 7.78. The van der Waals surface area contributed by atoms with Gasteiger partial charge in [0.05, 0.1) is 13.7 Å². The van der Waals surface area contributed by atoms with Gasteiger partial charge in [0.25, 0.3) is 5.91 Å². The Bertz CT molecular complexity index is 593. The van der Waals surface area contributed by atoms with Crippen molar-refractivity contribution in [2.24, 2.45) is 0 Å². The molecule has 0 saturated carbocycles. The Balaban J connectivity index is 2.18. The molecule has 0 fully saturated rings. The van der Waals surface area contributed by atoms with E-state index in [0.29, 0.717) is 15.6 Å². The summed E-state index contributed by atoms with van der Waals surface area (Å²) in [4.78, 5) is 12.7. The molecule has 0 saturated heterocycles. The quantitative estimate of drug-likeness (QED) is 0.698. The number of anilines is 1. The van der Waals surface area contributed by atoms with Crippen LogP contribution in [0.25, 0.3) is 0 Å². The van der Waals surface area contributed by atoms with Crippen molar-refractivity contribution in [3.63, 3.8) is 0 Å². The fourth-order valence-electron chi connectivity index (χ4n) is 1.34. The van der Waals surface area contributed by atoms with E-state index in [9.17, 15) is 4.79 Å². The van der Waals surface area contributed by atoms with Crippen molar-refractivity contribution in [3.8, 4) is 0 Å². The minimum Gasteiger partial charge on any atom is -0.321 e. The summed E-state index contributed by atoms with van der Waals surface area (Å²) in [6.07, 6.45) is 0. The molecular formula is C12H8Br2ClNOS. The maximum atomic E-state index is 12.0. The average molecular weight is 410 g/mol. The maximum Gasteiger partial charge on any atom is 0.265 e. The van der Waals surface area contributed by atoms with Gasteiger partial charge >= 0.3 is 0 Å². The number of halogens is 3. The van der Waals surface area contributed by atoms with Gasteiger partial charge in [-0.3, -0.25) is 4.79 Å². The SMILES string of the molecule is Cc1cc(C(=O)Nc2ccc(Br)c(Cl)c2)sc1Br. The van der Waals surface area contributed by atoms with Gasteiger partial charge in [0, 0.05) is 10.2 Å². The first-order valence-electron chi connectivity index (χ1n) is 4.99. The topological polar surface area (TPSA) is 29.1 Å². The number of nitrogens with one attached hydrogen (secondary N) is 1. The van der Waals surface area contributed by atoms with E-state index < -0.39 is 0 Å². The number of carbonyl (C=O) groups excluding carboxylic acids is 1. The Morgan fingerprint density at radius 2 is 2.06 bits per heavy atom. The summed E-state index contributed by atoms with van der Waals surface area (Å²) in [5, 5.41) is 3.38. The van der Waals surface area contributed by atoms with Gasteiger partial charge in [-0.25, -0.2) is 0 Å². The first-order chi connectivity index (χ1) is 8.47. The van der Waals surface area contributed by atoms with Gasteiger partial charge in [-0.15, -0.1) is 11.3 Å². The van der Waals surface area contributed by atoms with Crippen LogP contribution in [0.2, 0.25) is 5.02 Å². The second-order valence-electron chi connectivity index (χ2n) is 3.65. The van der Waals surface area contributed by atoms with Crippen LogP contribution in [-0.2, 0) is 0 Å². The predicted molar refractivity (Wildman–Crippen MR) is 83.9 cm³/mol. The molecule has 0 spiro atoms. The van der Waals surface area contributed by atoms with E-state index in [0.717, 1.165) is 13.8 Å². The normalized spacial score (nSPS) is 10.4. The van der Waals surface area contributed by atoms with Crippen molar-refractivity contribution in [2.45, 2.75) is 6.92 Å². The lowest BCUT2D eigenvalue weighted by Gasteiger charge is -2.04. The summed E-state index contributed by atoms with van der Waals surface area (Å²) in [5.41, 5.74) is 1.73. The molecule has 1 aromatic carbocycles. The van der Waals surface area contributed by atoms with E-state index in [1.807, 2.05) is 13.0 Å². The third-order valence-electron chi connectivity index (χ3n) is 2.26. The standard InChI is InChI=1S/C12H8Br2ClNOS/c1-6-4-10(18-11(6)14)12(17)16-7-2-3-8(13)9(15)5-7/h2-5H,1H3,(H,16,17). The molecule has 0 radical (unpaired) electrons. The van der Waals surface area contributed by atoms with Crippen LogP contribution in [0.1, 0.15) is 15.2 Å². The molecular weight excluding hydrogens is 401 g/mol. The lowest BCUT2D eigenvalue weighted by Crippen LogP contribution is -2.09. The molecule has 1 aromatic heterocycles. The van der Waals surface area contributed by atoms with Crippen molar-refractivity contribution in [2.75, 3.05) is 5.32 Å². The highest BCUT2D eigenvalue weighted by Crippen LogP contribution is 2.29. The van der Waals surface area contributed by atoms with Crippen LogP contribution in [0.5, 0.6) is 0 Å². The number of rotatable bonds is 2. The monoisotopic (exact) mass is 407 g/mol.